The van der Waals surface area contributed by atoms with Gasteiger partial charge in [0.15, 0.2) is 19.7 Å². The Labute approximate surface area is 121 Å². The Kier molecular flexibility index (Phi) is 5.35. The van der Waals surface area contributed by atoms with Crippen LogP contribution in [0.15, 0.2) is 0 Å². The molecule has 0 amide bonds. The summed E-state index contributed by atoms with van der Waals surface area (Å²) >= 11 is 5.89. The lowest BCUT2D eigenvalue weighted by Gasteiger charge is -2.23. The van der Waals surface area contributed by atoms with Crippen LogP contribution in [0.3, 0.4) is 0 Å². The van der Waals surface area contributed by atoms with Gasteiger partial charge in [-0.1, -0.05) is 0 Å². The number of sulfone groups is 2. The molecule has 1 fully saturated rings. The summed E-state index contributed by atoms with van der Waals surface area (Å²) in [7, 11) is -6.11. The molecule has 0 radical (unpaired) electrons. The van der Waals surface area contributed by atoms with Gasteiger partial charge in [0.2, 0.25) is 0 Å². The minimum atomic E-state index is -3.17. The Bertz CT molecular complexity index is 502. The van der Waals surface area contributed by atoms with Crippen molar-refractivity contribution in [2.45, 2.75) is 38.4 Å². The van der Waals surface area contributed by atoms with Crippen LogP contribution in [0.1, 0.15) is 33.6 Å². The zero-order valence-corrected chi connectivity index (χ0v) is 14.1. The molecule has 114 valence electrons. The number of halogens is 1. The summed E-state index contributed by atoms with van der Waals surface area (Å²) in [5.41, 5.74) is 0. The Balaban J connectivity index is 2.65. The quantitative estimate of drug-likeness (QED) is 0.722. The predicted molar refractivity (Wildman–Crippen MR) is 79.1 cm³/mol. The third-order valence-electron chi connectivity index (χ3n) is 3.82. The van der Waals surface area contributed by atoms with Crippen LogP contribution in [-0.4, -0.2) is 44.7 Å². The van der Waals surface area contributed by atoms with E-state index in [1.165, 1.54) is 0 Å². The maximum atomic E-state index is 12.1. The van der Waals surface area contributed by atoms with Gasteiger partial charge in [0, 0.05) is 5.88 Å². The summed E-state index contributed by atoms with van der Waals surface area (Å²) in [6.07, 6.45) is 1.05. The van der Waals surface area contributed by atoms with Crippen LogP contribution in [0.5, 0.6) is 0 Å². The average molecular weight is 331 g/mol. The first kappa shape index (κ1) is 17.2. The first-order valence-electron chi connectivity index (χ1n) is 6.47. The monoisotopic (exact) mass is 330 g/mol. The third-order valence-corrected chi connectivity index (χ3v) is 8.65. The number of hydrogen-bond donors (Lipinski definition) is 0. The second-order valence-corrected chi connectivity index (χ2v) is 11.7. The molecule has 7 heteroatoms. The Morgan fingerprint density at radius 3 is 2.26 bits per heavy atom. The summed E-state index contributed by atoms with van der Waals surface area (Å²) in [5, 5.41) is 0. The van der Waals surface area contributed by atoms with Gasteiger partial charge in [-0.3, -0.25) is 0 Å². The molecule has 0 aliphatic carbocycles. The van der Waals surface area contributed by atoms with Crippen LogP contribution in [0.2, 0.25) is 0 Å². The molecule has 0 N–H and O–H groups in total. The standard InChI is InChI=1S/C12H23ClO4S2/c1-12(2,3)19(16,17)7-5-10(8-13)11-4-6-18(14,15)9-11/h10-11H,4-9H2,1-3H3. The lowest BCUT2D eigenvalue weighted by Crippen LogP contribution is -2.32. The third kappa shape index (κ3) is 4.60. The lowest BCUT2D eigenvalue weighted by atomic mass is 9.91. The van der Waals surface area contributed by atoms with Crippen LogP contribution in [0.25, 0.3) is 0 Å². The second kappa shape index (κ2) is 5.90. The molecule has 1 rings (SSSR count). The van der Waals surface area contributed by atoms with E-state index in [4.69, 9.17) is 11.6 Å². The van der Waals surface area contributed by atoms with Crippen LogP contribution < -0.4 is 0 Å². The van der Waals surface area contributed by atoms with Gasteiger partial charge in [-0.2, -0.15) is 0 Å². The molecule has 1 aliphatic rings. The summed E-state index contributed by atoms with van der Waals surface area (Å²) in [6, 6.07) is 0. The van der Waals surface area contributed by atoms with Crippen LogP contribution >= 0.6 is 11.6 Å². The minimum Gasteiger partial charge on any atom is -0.229 e. The Hall–Kier alpha value is 0.190. The maximum absolute atomic E-state index is 12.1. The van der Waals surface area contributed by atoms with Crippen molar-refractivity contribution in [1.29, 1.82) is 0 Å². The van der Waals surface area contributed by atoms with Crippen LogP contribution in [0, 0.1) is 11.8 Å². The average Bonchev–Trinajstić information content (AvgIpc) is 2.58. The van der Waals surface area contributed by atoms with Crippen molar-refractivity contribution in [2.75, 3.05) is 23.1 Å². The predicted octanol–water partition coefficient (Wildman–Crippen LogP) is 1.88. The molecule has 0 bridgehead atoms. The van der Waals surface area contributed by atoms with E-state index in [-0.39, 0.29) is 29.1 Å². The summed E-state index contributed by atoms with van der Waals surface area (Å²) in [6.45, 7) is 5.04. The Morgan fingerprint density at radius 2 is 1.89 bits per heavy atom. The molecule has 2 unspecified atom stereocenters. The molecule has 0 spiro atoms. The molecule has 1 saturated heterocycles. The van der Waals surface area contributed by atoms with E-state index in [1.54, 1.807) is 20.8 Å². The van der Waals surface area contributed by atoms with Crippen molar-refractivity contribution in [3.63, 3.8) is 0 Å². The molecule has 0 aromatic carbocycles. The molecule has 0 aromatic rings. The van der Waals surface area contributed by atoms with Gasteiger partial charge in [0.1, 0.15) is 0 Å². The van der Waals surface area contributed by atoms with E-state index >= 15 is 0 Å². The highest BCUT2D eigenvalue weighted by atomic mass is 35.5. The fourth-order valence-corrected chi connectivity index (χ4v) is 5.80. The second-order valence-electron chi connectivity index (χ2n) is 6.30. The minimum absolute atomic E-state index is 0.0117. The Morgan fingerprint density at radius 1 is 1.32 bits per heavy atom. The van der Waals surface area contributed by atoms with Crippen molar-refractivity contribution in [3.05, 3.63) is 0 Å². The first-order valence-corrected chi connectivity index (χ1v) is 10.5. The van der Waals surface area contributed by atoms with Crippen LogP contribution in [0.4, 0.5) is 0 Å². The summed E-state index contributed by atoms with van der Waals surface area (Å²) < 4.78 is 46.3. The van der Waals surface area contributed by atoms with Gasteiger partial charge in [-0.25, -0.2) is 16.8 Å². The molecule has 1 aliphatic heterocycles. The number of alkyl halides is 1. The number of rotatable bonds is 5. The van der Waals surface area contributed by atoms with E-state index < -0.39 is 24.4 Å². The molecular formula is C12H23ClO4S2. The first-order chi connectivity index (χ1) is 8.48. The molecule has 0 aromatic heterocycles. The van der Waals surface area contributed by atoms with Gasteiger partial charge in [0.05, 0.1) is 22.0 Å². The molecule has 0 saturated carbocycles. The topological polar surface area (TPSA) is 68.3 Å². The molecular weight excluding hydrogens is 308 g/mol. The van der Waals surface area contributed by atoms with Crippen molar-refractivity contribution < 1.29 is 16.8 Å². The van der Waals surface area contributed by atoms with E-state index in [0.29, 0.717) is 18.7 Å². The van der Waals surface area contributed by atoms with Crippen molar-refractivity contribution in [3.8, 4) is 0 Å². The highest BCUT2D eigenvalue weighted by Crippen LogP contribution is 2.30. The fraction of sp³-hybridized carbons (Fsp3) is 1.00. The van der Waals surface area contributed by atoms with Crippen LogP contribution in [-0.2, 0) is 19.7 Å². The molecule has 2 atom stereocenters. The van der Waals surface area contributed by atoms with Gasteiger partial charge in [0.25, 0.3) is 0 Å². The van der Waals surface area contributed by atoms with Crippen molar-refractivity contribution in [2.24, 2.45) is 11.8 Å². The fourth-order valence-electron chi connectivity index (χ4n) is 2.25. The maximum Gasteiger partial charge on any atom is 0.155 e. The highest BCUT2D eigenvalue weighted by molar-refractivity contribution is 7.92. The summed E-state index contributed by atoms with van der Waals surface area (Å²) in [4.78, 5) is 0. The molecule has 19 heavy (non-hydrogen) atoms. The largest absolute Gasteiger partial charge is 0.229 e. The van der Waals surface area contributed by atoms with Crippen molar-refractivity contribution in [1.82, 2.24) is 0 Å². The van der Waals surface area contributed by atoms with Gasteiger partial charge >= 0.3 is 0 Å². The SMILES string of the molecule is CC(C)(C)S(=O)(=O)CCC(CCl)C1CCS(=O)(=O)C1. The van der Waals surface area contributed by atoms with E-state index in [9.17, 15) is 16.8 Å². The molecule has 1 heterocycles. The lowest BCUT2D eigenvalue weighted by molar-refractivity contribution is 0.388. The van der Waals surface area contributed by atoms with E-state index in [2.05, 4.69) is 0 Å². The number of hydrogen-bond acceptors (Lipinski definition) is 4. The highest BCUT2D eigenvalue weighted by Gasteiger charge is 2.35. The van der Waals surface area contributed by atoms with E-state index in [1.807, 2.05) is 0 Å². The zero-order chi connectivity index (χ0) is 14.9. The van der Waals surface area contributed by atoms with Gasteiger partial charge < -0.3 is 0 Å². The van der Waals surface area contributed by atoms with Gasteiger partial charge in [-0.15, -0.1) is 11.6 Å². The molecule has 4 nitrogen and oxygen atoms in total. The zero-order valence-electron chi connectivity index (χ0n) is 11.7. The smallest absolute Gasteiger partial charge is 0.155 e. The van der Waals surface area contributed by atoms with Gasteiger partial charge in [-0.05, 0) is 45.4 Å². The van der Waals surface area contributed by atoms with Crippen molar-refractivity contribution >= 4 is 31.3 Å². The normalized spacial score (nSPS) is 25.4. The van der Waals surface area contributed by atoms with E-state index in [0.717, 1.165) is 0 Å². The summed E-state index contributed by atoms with van der Waals surface area (Å²) in [5.74, 6) is 0.732.